The van der Waals surface area contributed by atoms with E-state index in [2.05, 4.69) is 10.6 Å². The van der Waals surface area contributed by atoms with Gasteiger partial charge >= 0.3 is 6.18 Å². The van der Waals surface area contributed by atoms with Gasteiger partial charge in [-0.15, -0.1) is 0 Å². The summed E-state index contributed by atoms with van der Waals surface area (Å²) in [6.45, 7) is 2.21. The molecule has 0 saturated heterocycles. The number of benzene rings is 2. The number of amides is 1. The maximum Gasteiger partial charge on any atom is 0.417 e. The Balaban J connectivity index is 1.93. The highest BCUT2D eigenvalue weighted by molar-refractivity contribution is 6.31. The second kappa shape index (κ2) is 8.11. The standard InChI is InChI=1S/C17H16ClF3N2O2/c1-2-25-13-6-3-11(4-7-13)23-16(24)10-22-12-5-8-15(18)14(9-12)17(19,20)21/h3-9,22H,2,10H2,1H3,(H,23,24). The molecule has 0 saturated carbocycles. The van der Waals surface area contributed by atoms with Crippen molar-refractivity contribution in [1.82, 2.24) is 0 Å². The molecular weight excluding hydrogens is 357 g/mol. The Labute approximate surface area is 147 Å². The van der Waals surface area contributed by atoms with Gasteiger partial charge in [0.2, 0.25) is 5.91 Å². The van der Waals surface area contributed by atoms with Gasteiger partial charge < -0.3 is 15.4 Å². The molecule has 1 amide bonds. The van der Waals surface area contributed by atoms with Crippen molar-refractivity contribution < 1.29 is 22.7 Å². The van der Waals surface area contributed by atoms with Gasteiger partial charge in [0, 0.05) is 11.4 Å². The lowest BCUT2D eigenvalue weighted by Gasteiger charge is -2.12. The van der Waals surface area contributed by atoms with Gasteiger partial charge in [-0.05, 0) is 49.4 Å². The molecule has 8 heteroatoms. The molecular formula is C17H16ClF3N2O2. The van der Waals surface area contributed by atoms with Crippen LogP contribution in [-0.2, 0) is 11.0 Å². The van der Waals surface area contributed by atoms with Gasteiger partial charge in [-0.2, -0.15) is 13.2 Å². The first-order chi connectivity index (χ1) is 11.8. The van der Waals surface area contributed by atoms with E-state index in [4.69, 9.17) is 16.3 Å². The van der Waals surface area contributed by atoms with Gasteiger partial charge in [0.1, 0.15) is 5.75 Å². The molecule has 0 atom stereocenters. The lowest BCUT2D eigenvalue weighted by atomic mass is 10.2. The zero-order valence-corrected chi connectivity index (χ0v) is 14.0. The van der Waals surface area contributed by atoms with Crippen LogP contribution in [0.25, 0.3) is 0 Å². The van der Waals surface area contributed by atoms with Gasteiger partial charge in [0.25, 0.3) is 0 Å². The van der Waals surface area contributed by atoms with E-state index >= 15 is 0 Å². The molecule has 0 bridgehead atoms. The molecule has 0 aromatic heterocycles. The van der Waals surface area contributed by atoms with Crippen molar-refractivity contribution in [3.05, 3.63) is 53.1 Å². The van der Waals surface area contributed by atoms with Crippen LogP contribution in [0, 0.1) is 0 Å². The Morgan fingerprint density at radius 1 is 1.12 bits per heavy atom. The molecule has 0 radical (unpaired) electrons. The summed E-state index contributed by atoms with van der Waals surface area (Å²) in [6, 6.07) is 10.1. The van der Waals surface area contributed by atoms with Crippen LogP contribution in [0.2, 0.25) is 5.02 Å². The summed E-state index contributed by atoms with van der Waals surface area (Å²) in [5.41, 5.74) is -0.244. The number of rotatable bonds is 6. The molecule has 0 aliphatic rings. The monoisotopic (exact) mass is 372 g/mol. The van der Waals surface area contributed by atoms with Crippen LogP contribution in [0.1, 0.15) is 12.5 Å². The number of alkyl halides is 3. The quantitative estimate of drug-likeness (QED) is 0.765. The number of hydrogen-bond acceptors (Lipinski definition) is 3. The fraction of sp³-hybridized carbons (Fsp3) is 0.235. The average molecular weight is 373 g/mol. The van der Waals surface area contributed by atoms with Crippen LogP contribution in [0.15, 0.2) is 42.5 Å². The van der Waals surface area contributed by atoms with Crippen molar-refractivity contribution in [2.45, 2.75) is 13.1 Å². The third-order valence-electron chi connectivity index (χ3n) is 3.17. The Bertz CT molecular complexity index is 734. The van der Waals surface area contributed by atoms with E-state index in [0.717, 1.165) is 12.1 Å². The molecule has 134 valence electrons. The van der Waals surface area contributed by atoms with Gasteiger partial charge in [-0.3, -0.25) is 4.79 Å². The van der Waals surface area contributed by atoms with Crippen molar-refractivity contribution >= 4 is 28.9 Å². The molecule has 2 N–H and O–H groups in total. The predicted molar refractivity (Wildman–Crippen MR) is 91.2 cm³/mol. The molecule has 2 aromatic carbocycles. The fourth-order valence-electron chi connectivity index (χ4n) is 2.04. The van der Waals surface area contributed by atoms with Crippen LogP contribution in [-0.4, -0.2) is 19.1 Å². The summed E-state index contributed by atoms with van der Waals surface area (Å²) in [6.07, 6.45) is -4.56. The lowest BCUT2D eigenvalue weighted by Crippen LogP contribution is -2.22. The van der Waals surface area contributed by atoms with Crippen molar-refractivity contribution in [2.24, 2.45) is 0 Å². The van der Waals surface area contributed by atoms with Gasteiger partial charge in [0.05, 0.1) is 23.7 Å². The molecule has 0 aliphatic heterocycles. The van der Waals surface area contributed by atoms with Crippen LogP contribution in [0.3, 0.4) is 0 Å². The topological polar surface area (TPSA) is 50.4 Å². The van der Waals surface area contributed by atoms with Crippen LogP contribution < -0.4 is 15.4 Å². The van der Waals surface area contributed by atoms with Crippen LogP contribution in [0.4, 0.5) is 24.5 Å². The summed E-state index contributed by atoms with van der Waals surface area (Å²) in [7, 11) is 0. The Kier molecular flexibility index (Phi) is 6.14. The predicted octanol–water partition coefficient (Wildman–Crippen LogP) is 4.81. The molecule has 0 fully saturated rings. The molecule has 4 nitrogen and oxygen atoms in total. The number of carbonyl (C=O) groups is 1. The van der Waals surface area contributed by atoms with Crippen molar-refractivity contribution in [1.29, 1.82) is 0 Å². The van der Waals surface area contributed by atoms with E-state index in [1.54, 1.807) is 24.3 Å². The first-order valence-corrected chi connectivity index (χ1v) is 7.80. The highest BCUT2D eigenvalue weighted by Gasteiger charge is 2.33. The minimum Gasteiger partial charge on any atom is -0.494 e. The second-order valence-electron chi connectivity index (χ2n) is 5.05. The second-order valence-corrected chi connectivity index (χ2v) is 5.46. The van der Waals surface area contributed by atoms with Crippen molar-refractivity contribution in [3.8, 4) is 5.75 Å². The number of hydrogen-bond donors (Lipinski definition) is 2. The van der Waals surface area contributed by atoms with Crippen LogP contribution in [0.5, 0.6) is 5.75 Å². The minimum atomic E-state index is -4.56. The largest absolute Gasteiger partial charge is 0.494 e. The van der Waals surface area contributed by atoms with Gasteiger partial charge in [-0.25, -0.2) is 0 Å². The third kappa shape index (κ3) is 5.56. The number of anilines is 2. The fourth-order valence-corrected chi connectivity index (χ4v) is 2.27. The molecule has 0 spiro atoms. The third-order valence-corrected chi connectivity index (χ3v) is 3.50. The molecule has 2 rings (SSSR count). The summed E-state index contributed by atoms with van der Waals surface area (Å²) in [5.74, 6) is 0.284. The number of ether oxygens (including phenoxy) is 1. The highest BCUT2D eigenvalue weighted by atomic mass is 35.5. The summed E-state index contributed by atoms with van der Waals surface area (Å²) >= 11 is 5.55. The van der Waals surface area contributed by atoms with E-state index in [1.807, 2.05) is 6.92 Å². The normalized spacial score (nSPS) is 11.1. The molecule has 0 unspecified atom stereocenters. The SMILES string of the molecule is CCOc1ccc(NC(=O)CNc2ccc(Cl)c(C(F)(F)F)c2)cc1. The van der Waals surface area contributed by atoms with Crippen molar-refractivity contribution in [3.63, 3.8) is 0 Å². The van der Waals surface area contributed by atoms with E-state index in [9.17, 15) is 18.0 Å². The molecule has 0 aliphatic carbocycles. The number of halogens is 4. The number of nitrogens with one attached hydrogen (secondary N) is 2. The Hall–Kier alpha value is -2.41. The minimum absolute atomic E-state index is 0.151. The zero-order chi connectivity index (χ0) is 18.4. The van der Waals surface area contributed by atoms with E-state index in [0.29, 0.717) is 18.0 Å². The number of carbonyl (C=O) groups excluding carboxylic acids is 1. The smallest absolute Gasteiger partial charge is 0.417 e. The average Bonchev–Trinajstić information content (AvgIpc) is 2.55. The lowest BCUT2D eigenvalue weighted by molar-refractivity contribution is -0.137. The summed E-state index contributed by atoms with van der Waals surface area (Å²) in [5, 5.41) is 4.88. The first-order valence-electron chi connectivity index (χ1n) is 7.43. The van der Waals surface area contributed by atoms with E-state index < -0.39 is 22.7 Å². The first kappa shape index (κ1) is 18.9. The highest BCUT2D eigenvalue weighted by Crippen LogP contribution is 2.36. The van der Waals surface area contributed by atoms with Crippen molar-refractivity contribution in [2.75, 3.05) is 23.8 Å². The van der Waals surface area contributed by atoms with Gasteiger partial charge in [-0.1, -0.05) is 11.6 Å². The Morgan fingerprint density at radius 3 is 2.36 bits per heavy atom. The zero-order valence-electron chi connectivity index (χ0n) is 13.3. The van der Waals surface area contributed by atoms with E-state index in [-0.39, 0.29) is 12.2 Å². The van der Waals surface area contributed by atoms with Crippen LogP contribution >= 0.6 is 11.6 Å². The molecule has 0 heterocycles. The van der Waals surface area contributed by atoms with E-state index in [1.165, 1.54) is 6.07 Å². The molecule has 25 heavy (non-hydrogen) atoms. The maximum absolute atomic E-state index is 12.8. The van der Waals surface area contributed by atoms with Gasteiger partial charge in [0.15, 0.2) is 0 Å². The Morgan fingerprint density at radius 2 is 1.76 bits per heavy atom. The summed E-state index contributed by atoms with van der Waals surface area (Å²) in [4.78, 5) is 11.9. The summed E-state index contributed by atoms with van der Waals surface area (Å²) < 4.78 is 43.7. The molecule has 2 aromatic rings. The maximum atomic E-state index is 12.8.